The Labute approximate surface area is 131 Å². The maximum absolute atomic E-state index is 13.1. The minimum atomic E-state index is -3.67. The Kier molecular flexibility index (Phi) is 4.86. The van der Waals surface area contributed by atoms with Crippen molar-refractivity contribution in [3.05, 3.63) is 59.4 Å². The molecular weight excluding hydrogens is 301 g/mol. The number of halogens is 1. The quantitative estimate of drug-likeness (QED) is 0.884. The maximum Gasteiger partial charge on any atom is 0.261 e. The van der Waals surface area contributed by atoms with Crippen LogP contribution in [0, 0.1) is 12.7 Å². The van der Waals surface area contributed by atoms with Crippen molar-refractivity contribution in [3.8, 4) is 0 Å². The lowest BCUT2D eigenvalue weighted by Gasteiger charge is -2.12. The highest BCUT2D eigenvalue weighted by Crippen LogP contribution is 2.23. The van der Waals surface area contributed by atoms with E-state index < -0.39 is 15.8 Å². The van der Waals surface area contributed by atoms with Crippen LogP contribution in [0.15, 0.2) is 47.4 Å². The Morgan fingerprint density at radius 1 is 1.14 bits per heavy atom. The lowest BCUT2D eigenvalue weighted by molar-refractivity contribution is 0.600. The van der Waals surface area contributed by atoms with Crippen LogP contribution in [-0.2, 0) is 10.0 Å². The van der Waals surface area contributed by atoms with Gasteiger partial charge in [0, 0.05) is 0 Å². The first-order chi connectivity index (χ1) is 10.3. The summed E-state index contributed by atoms with van der Waals surface area (Å²) in [6.45, 7) is 5.85. The van der Waals surface area contributed by atoms with Gasteiger partial charge in [-0.15, -0.1) is 0 Å². The van der Waals surface area contributed by atoms with Gasteiger partial charge in [0.25, 0.3) is 10.0 Å². The summed E-state index contributed by atoms with van der Waals surface area (Å²) in [6.07, 6.45) is 0.999. The van der Waals surface area contributed by atoms with Crippen LogP contribution in [0.4, 0.5) is 10.1 Å². The second kappa shape index (κ2) is 6.48. The van der Waals surface area contributed by atoms with E-state index in [1.165, 1.54) is 18.2 Å². The molecule has 2 rings (SSSR count). The molecule has 2 aromatic carbocycles. The number of aryl methyl sites for hydroxylation is 1. The molecule has 22 heavy (non-hydrogen) atoms. The first kappa shape index (κ1) is 16.5. The Morgan fingerprint density at radius 3 is 2.32 bits per heavy atom. The molecule has 1 N–H and O–H groups in total. The van der Waals surface area contributed by atoms with Crippen molar-refractivity contribution >= 4 is 15.7 Å². The van der Waals surface area contributed by atoms with Crippen molar-refractivity contribution < 1.29 is 12.8 Å². The van der Waals surface area contributed by atoms with Crippen LogP contribution in [0.2, 0.25) is 0 Å². The highest BCUT2D eigenvalue weighted by atomic mass is 32.2. The number of hydrogen-bond donors (Lipinski definition) is 1. The third kappa shape index (κ3) is 3.65. The number of benzene rings is 2. The lowest BCUT2D eigenvalue weighted by atomic mass is 9.99. The molecule has 0 aliphatic heterocycles. The molecule has 0 saturated heterocycles. The summed E-state index contributed by atoms with van der Waals surface area (Å²) in [5, 5.41) is 0. The molecule has 0 aromatic heterocycles. The Balaban J connectivity index is 2.26. The second-order valence-electron chi connectivity index (χ2n) is 5.44. The zero-order chi connectivity index (χ0) is 16.3. The SMILES string of the molecule is CCC(C)c1ccc(S(=O)(=O)Nc2ccc(F)cc2C)cc1. The summed E-state index contributed by atoms with van der Waals surface area (Å²) < 4.78 is 40.3. The monoisotopic (exact) mass is 321 g/mol. The van der Waals surface area contributed by atoms with E-state index in [2.05, 4.69) is 18.6 Å². The zero-order valence-electron chi connectivity index (χ0n) is 12.9. The average Bonchev–Trinajstić information content (AvgIpc) is 2.49. The molecule has 0 aliphatic carbocycles. The molecule has 2 aromatic rings. The van der Waals surface area contributed by atoms with Gasteiger partial charge in [-0.1, -0.05) is 26.0 Å². The minimum absolute atomic E-state index is 0.197. The third-order valence-electron chi connectivity index (χ3n) is 3.80. The number of hydrogen-bond acceptors (Lipinski definition) is 2. The van der Waals surface area contributed by atoms with E-state index in [0.717, 1.165) is 12.0 Å². The summed E-state index contributed by atoms with van der Waals surface area (Å²) in [7, 11) is -3.67. The molecular formula is C17H20FNO2S. The van der Waals surface area contributed by atoms with Gasteiger partial charge < -0.3 is 0 Å². The first-order valence-corrected chi connectivity index (χ1v) is 8.70. The Bertz CT molecular complexity index is 755. The smallest absolute Gasteiger partial charge is 0.261 e. The molecule has 3 nitrogen and oxygen atoms in total. The number of nitrogens with one attached hydrogen (secondary N) is 1. The summed E-state index contributed by atoms with van der Waals surface area (Å²) in [6, 6.07) is 10.8. The van der Waals surface area contributed by atoms with Crippen molar-refractivity contribution in [2.45, 2.75) is 38.0 Å². The normalized spacial score (nSPS) is 12.9. The molecule has 0 spiro atoms. The molecule has 0 heterocycles. The predicted molar refractivity (Wildman–Crippen MR) is 87.1 cm³/mol. The van der Waals surface area contributed by atoms with E-state index in [-0.39, 0.29) is 4.90 Å². The fraction of sp³-hybridized carbons (Fsp3) is 0.294. The third-order valence-corrected chi connectivity index (χ3v) is 5.19. The largest absolute Gasteiger partial charge is 0.279 e. The van der Waals surface area contributed by atoms with Crippen molar-refractivity contribution in [1.29, 1.82) is 0 Å². The van der Waals surface area contributed by atoms with E-state index in [1.54, 1.807) is 19.1 Å². The van der Waals surface area contributed by atoms with Gasteiger partial charge in [0.1, 0.15) is 5.82 Å². The van der Waals surface area contributed by atoms with E-state index in [0.29, 0.717) is 17.2 Å². The molecule has 0 aliphatic rings. The topological polar surface area (TPSA) is 46.2 Å². The summed E-state index contributed by atoms with van der Waals surface area (Å²) in [5.41, 5.74) is 2.03. The Morgan fingerprint density at radius 2 is 1.77 bits per heavy atom. The van der Waals surface area contributed by atoms with Gasteiger partial charge in [-0.05, 0) is 60.7 Å². The molecule has 0 radical (unpaired) electrons. The van der Waals surface area contributed by atoms with Gasteiger partial charge in [-0.3, -0.25) is 4.72 Å². The fourth-order valence-electron chi connectivity index (χ4n) is 2.16. The van der Waals surface area contributed by atoms with E-state index in [9.17, 15) is 12.8 Å². The summed E-state index contributed by atoms with van der Waals surface area (Å²) >= 11 is 0. The highest BCUT2D eigenvalue weighted by molar-refractivity contribution is 7.92. The van der Waals surface area contributed by atoms with Gasteiger partial charge in [-0.25, -0.2) is 12.8 Å². The van der Waals surface area contributed by atoms with Crippen LogP contribution < -0.4 is 4.72 Å². The number of anilines is 1. The van der Waals surface area contributed by atoms with E-state index >= 15 is 0 Å². The van der Waals surface area contributed by atoms with Gasteiger partial charge in [0.05, 0.1) is 10.6 Å². The molecule has 1 atom stereocenters. The average molecular weight is 321 g/mol. The molecule has 0 bridgehead atoms. The molecule has 1 unspecified atom stereocenters. The highest BCUT2D eigenvalue weighted by Gasteiger charge is 2.16. The lowest BCUT2D eigenvalue weighted by Crippen LogP contribution is -2.14. The van der Waals surface area contributed by atoms with Crippen LogP contribution in [-0.4, -0.2) is 8.42 Å². The molecule has 0 saturated carbocycles. The van der Waals surface area contributed by atoms with Gasteiger partial charge in [-0.2, -0.15) is 0 Å². The number of sulfonamides is 1. The van der Waals surface area contributed by atoms with Crippen molar-refractivity contribution in [2.75, 3.05) is 4.72 Å². The van der Waals surface area contributed by atoms with Crippen LogP contribution >= 0.6 is 0 Å². The first-order valence-electron chi connectivity index (χ1n) is 7.22. The van der Waals surface area contributed by atoms with Gasteiger partial charge >= 0.3 is 0 Å². The van der Waals surface area contributed by atoms with Gasteiger partial charge in [0.15, 0.2) is 0 Å². The summed E-state index contributed by atoms with van der Waals surface area (Å²) in [4.78, 5) is 0.197. The standard InChI is InChI=1S/C17H20FNO2S/c1-4-12(2)14-5-8-16(9-6-14)22(20,21)19-17-10-7-15(18)11-13(17)3/h5-12,19H,4H2,1-3H3. The summed E-state index contributed by atoms with van der Waals surface area (Å²) in [5.74, 6) is 0.00223. The van der Waals surface area contributed by atoms with Crippen molar-refractivity contribution in [1.82, 2.24) is 0 Å². The molecule has 5 heteroatoms. The van der Waals surface area contributed by atoms with Crippen LogP contribution in [0.1, 0.15) is 37.3 Å². The van der Waals surface area contributed by atoms with E-state index in [1.807, 2.05) is 12.1 Å². The van der Waals surface area contributed by atoms with Crippen LogP contribution in [0.25, 0.3) is 0 Å². The van der Waals surface area contributed by atoms with Gasteiger partial charge in [0.2, 0.25) is 0 Å². The fourth-order valence-corrected chi connectivity index (χ4v) is 3.29. The zero-order valence-corrected chi connectivity index (χ0v) is 13.7. The second-order valence-corrected chi connectivity index (χ2v) is 7.13. The van der Waals surface area contributed by atoms with Crippen molar-refractivity contribution in [2.24, 2.45) is 0 Å². The van der Waals surface area contributed by atoms with Crippen molar-refractivity contribution in [3.63, 3.8) is 0 Å². The van der Waals surface area contributed by atoms with E-state index in [4.69, 9.17) is 0 Å². The van der Waals surface area contributed by atoms with Crippen LogP contribution in [0.5, 0.6) is 0 Å². The molecule has 0 amide bonds. The Hall–Kier alpha value is -1.88. The molecule has 0 fully saturated rings. The molecule has 118 valence electrons. The minimum Gasteiger partial charge on any atom is -0.279 e. The van der Waals surface area contributed by atoms with Crippen LogP contribution in [0.3, 0.4) is 0 Å². The number of rotatable bonds is 5. The maximum atomic E-state index is 13.1. The predicted octanol–water partition coefficient (Wildman–Crippen LogP) is 4.45.